The number of rotatable bonds is 9. The summed E-state index contributed by atoms with van der Waals surface area (Å²) in [7, 11) is 0. The summed E-state index contributed by atoms with van der Waals surface area (Å²) in [6.07, 6.45) is 7.93. The smallest absolute Gasteiger partial charge is 0.162 e. The number of nitrogens with zero attached hydrogens (tertiary/aromatic N) is 1. The first-order valence-corrected chi connectivity index (χ1v) is 18.2. The van der Waals surface area contributed by atoms with Crippen LogP contribution in [0, 0.1) is 23.3 Å². The molecule has 0 aliphatic heterocycles. The Morgan fingerprint density at radius 3 is 2.04 bits per heavy atom. The number of allylic oxidation sites excluding steroid dienone is 2. The number of benzene rings is 3. The van der Waals surface area contributed by atoms with E-state index in [0.717, 1.165) is 48.7 Å². The quantitative estimate of drug-likeness (QED) is 0.0914. The van der Waals surface area contributed by atoms with Crippen LogP contribution in [-0.4, -0.2) is 15.9 Å². The summed E-state index contributed by atoms with van der Waals surface area (Å²) < 4.78 is 2.65. The number of ketones is 1. The van der Waals surface area contributed by atoms with E-state index < -0.39 is 0 Å². The first kappa shape index (κ1) is 39.6. The van der Waals surface area contributed by atoms with Crippen molar-refractivity contribution in [3.63, 3.8) is 0 Å². The average molecular weight is 841 g/mol. The van der Waals surface area contributed by atoms with Gasteiger partial charge in [-0.2, -0.15) is 0 Å². The molecule has 2 aromatic heterocycles. The molecule has 5 aromatic rings. The van der Waals surface area contributed by atoms with Crippen molar-refractivity contribution in [3.8, 4) is 11.3 Å². The number of hydrogen-bond donors (Lipinski definition) is 1. The third kappa shape index (κ3) is 9.23. The van der Waals surface area contributed by atoms with Gasteiger partial charge in [-0.3, -0.25) is 9.78 Å². The Morgan fingerprint density at radius 2 is 1.44 bits per heavy atom. The molecule has 1 N–H and O–H groups in total. The molecule has 0 atom stereocenters. The second kappa shape index (κ2) is 16.7. The van der Waals surface area contributed by atoms with Crippen LogP contribution in [0.25, 0.3) is 42.2 Å². The van der Waals surface area contributed by atoms with Crippen LogP contribution in [0.5, 0.6) is 0 Å². The van der Waals surface area contributed by atoms with Crippen LogP contribution in [0.4, 0.5) is 0 Å². The van der Waals surface area contributed by atoms with E-state index in [9.17, 15) is 9.90 Å². The Bertz CT molecular complexity index is 1860. The van der Waals surface area contributed by atoms with Crippen molar-refractivity contribution in [1.29, 1.82) is 0 Å². The number of pyridine rings is 1. The van der Waals surface area contributed by atoms with Crippen molar-refractivity contribution in [2.24, 2.45) is 17.3 Å². The molecule has 3 nitrogen and oxygen atoms in total. The van der Waals surface area contributed by atoms with E-state index in [-0.39, 0.29) is 54.3 Å². The molecule has 0 bridgehead atoms. The van der Waals surface area contributed by atoms with Crippen molar-refractivity contribution in [2.45, 2.75) is 107 Å². The second-order valence-electron chi connectivity index (χ2n) is 15.1. The van der Waals surface area contributed by atoms with Crippen molar-refractivity contribution in [2.75, 3.05) is 0 Å². The van der Waals surface area contributed by atoms with Gasteiger partial charge >= 0.3 is 0 Å². The second-order valence-corrected chi connectivity index (χ2v) is 16.1. The number of aliphatic hydroxyl groups is 1. The van der Waals surface area contributed by atoms with Crippen molar-refractivity contribution < 1.29 is 30.0 Å². The third-order valence-electron chi connectivity index (χ3n) is 9.14. The summed E-state index contributed by atoms with van der Waals surface area (Å²) in [6, 6.07) is 23.5. The van der Waals surface area contributed by atoms with E-state index in [4.69, 9.17) is 4.98 Å². The molecule has 0 saturated carbocycles. The van der Waals surface area contributed by atoms with E-state index >= 15 is 0 Å². The number of aromatic nitrogens is 1. The van der Waals surface area contributed by atoms with Gasteiger partial charge in [0.15, 0.2) is 5.78 Å². The van der Waals surface area contributed by atoms with Crippen LogP contribution < -0.4 is 0 Å². The minimum Gasteiger partial charge on any atom is -0.512 e. The van der Waals surface area contributed by atoms with Crippen molar-refractivity contribution in [3.05, 3.63) is 89.8 Å². The Kier molecular flexibility index (Phi) is 13.8. The van der Waals surface area contributed by atoms with Crippen LogP contribution in [0.1, 0.15) is 106 Å². The topological polar surface area (TPSA) is 50.2 Å². The summed E-state index contributed by atoms with van der Waals surface area (Å²) in [5.74, 6) is 0.547. The Hall–Kier alpha value is -2.85. The minimum absolute atomic E-state index is 0. The molecule has 5 rings (SSSR count). The third-order valence-corrected chi connectivity index (χ3v) is 10.4. The first-order valence-electron chi connectivity index (χ1n) is 17.4. The van der Waals surface area contributed by atoms with E-state index in [2.05, 4.69) is 102 Å². The summed E-state index contributed by atoms with van der Waals surface area (Å²) in [6.45, 7) is 21.8. The Balaban J connectivity index is 0.000000334. The molecule has 3 aromatic carbocycles. The van der Waals surface area contributed by atoms with Gasteiger partial charge in [-0.15, -0.1) is 40.5 Å². The standard InChI is InChI=1S/C30H30NS.C13H24O2.Ir/c1-29(2,3)18-20-11-9-13-23-24-14-15-31-26(28(24)32-27(20)23)21-16-19-10-7-8-12-22(19)25(17-21)30(4,5)6;1-5-10(6-2)12(14)9-13(15)11(7-3)8-4;/h7-15,17H,18H2,1-6H3;9-11,14H,5-8H2,1-4H3;/q-1;;/b;12-9-;. The number of thiophene rings is 1. The zero-order chi connectivity index (χ0) is 34.5. The SMILES string of the molecule is CC(C)(C)Cc1cccc2c1sc1c(-c3[c-]c4ccccc4c(C(C)(C)C)c3)nccc12.CCC(CC)C(=O)/C=C(\O)C(CC)CC.[Ir]. The summed E-state index contributed by atoms with van der Waals surface area (Å²) >= 11 is 1.89. The first-order chi connectivity index (χ1) is 22.2. The summed E-state index contributed by atoms with van der Waals surface area (Å²) in [4.78, 5) is 16.6. The zero-order valence-corrected chi connectivity index (χ0v) is 33.8. The van der Waals surface area contributed by atoms with Crippen LogP contribution in [-0.2, 0) is 36.7 Å². The molecule has 0 unspecified atom stereocenters. The minimum atomic E-state index is 0. The maximum absolute atomic E-state index is 11.7. The van der Waals surface area contributed by atoms with Gasteiger partial charge in [0.05, 0.1) is 5.76 Å². The molecule has 2 heterocycles. The average Bonchev–Trinajstić information content (AvgIpc) is 3.41. The van der Waals surface area contributed by atoms with Crippen LogP contribution >= 0.6 is 11.3 Å². The maximum atomic E-state index is 11.7. The molecular formula is C43H54IrNO2S-. The van der Waals surface area contributed by atoms with Crippen LogP contribution in [0.3, 0.4) is 0 Å². The number of carbonyl (C=O) groups excluding carboxylic acids is 1. The monoisotopic (exact) mass is 841 g/mol. The molecule has 0 aliphatic carbocycles. The summed E-state index contributed by atoms with van der Waals surface area (Å²) in [5, 5.41) is 14.8. The largest absolute Gasteiger partial charge is 0.512 e. The van der Waals surface area contributed by atoms with E-state index in [1.165, 1.54) is 42.8 Å². The number of hydrogen-bond acceptors (Lipinski definition) is 4. The predicted molar refractivity (Wildman–Crippen MR) is 205 cm³/mol. The maximum Gasteiger partial charge on any atom is 0.162 e. The van der Waals surface area contributed by atoms with Gasteiger partial charge in [0, 0.05) is 64.7 Å². The molecule has 1 radical (unpaired) electrons. The zero-order valence-electron chi connectivity index (χ0n) is 30.6. The van der Waals surface area contributed by atoms with Gasteiger partial charge in [0.1, 0.15) is 0 Å². The molecule has 0 amide bonds. The molecule has 0 spiro atoms. The van der Waals surface area contributed by atoms with Crippen molar-refractivity contribution in [1.82, 2.24) is 4.98 Å². The normalized spacial score (nSPS) is 12.5. The molecule has 0 aliphatic rings. The summed E-state index contributed by atoms with van der Waals surface area (Å²) in [5.41, 5.74) is 5.19. The van der Waals surface area contributed by atoms with Gasteiger partial charge in [0.25, 0.3) is 0 Å². The van der Waals surface area contributed by atoms with Gasteiger partial charge in [-0.05, 0) is 60.0 Å². The molecule has 48 heavy (non-hydrogen) atoms. The number of carbonyl (C=O) groups is 1. The molecular weight excluding hydrogens is 787 g/mol. The van der Waals surface area contributed by atoms with Crippen LogP contribution in [0.15, 0.2) is 72.6 Å². The molecule has 5 heteroatoms. The number of aliphatic hydroxyl groups excluding tert-OH is 1. The van der Waals surface area contributed by atoms with E-state index in [1.54, 1.807) is 0 Å². The van der Waals surface area contributed by atoms with E-state index in [1.807, 2.05) is 45.2 Å². The fraction of sp³-hybridized carbons (Fsp3) is 0.442. The van der Waals surface area contributed by atoms with Gasteiger partial charge < -0.3 is 5.11 Å². The van der Waals surface area contributed by atoms with Crippen LogP contribution in [0.2, 0.25) is 0 Å². The fourth-order valence-corrected chi connectivity index (χ4v) is 7.75. The molecule has 0 fully saturated rings. The Morgan fingerprint density at radius 1 is 0.833 bits per heavy atom. The van der Waals surface area contributed by atoms with Gasteiger partial charge in [-0.25, -0.2) is 0 Å². The van der Waals surface area contributed by atoms with E-state index in [0.29, 0.717) is 0 Å². The Labute approximate surface area is 306 Å². The molecule has 0 saturated heterocycles. The molecule has 259 valence electrons. The van der Waals surface area contributed by atoms with Gasteiger partial charge in [0.2, 0.25) is 0 Å². The van der Waals surface area contributed by atoms with Gasteiger partial charge in [-0.1, -0.05) is 117 Å². The number of fused-ring (bicyclic) bond motifs is 4. The fourth-order valence-electron chi connectivity index (χ4n) is 6.44. The van der Waals surface area contributed by atoms with Crippen molar-refractivity contribution >= 4 is 48.1 Å². The predicted octanol–water partition coefficient (Wildman–Crippen LogP) is 12.8.